The molecule has 0 unspecified atom stereocenters. The highest BCUT2D eigenvalue weighted by Crippen LogP contribution is 2.19. The van der Waals surface area contributed by atoms with Gasteiger partial charge in [-0.1, -0.05) is 17.7 Å². The van der Waals surface area contributed by atoms with Crippen molar-refractivity contribution in [3.8, 4) is 0 Å². The second-order valence-corrected chi connectivity index (χ2v) is 6.53. The Morgan fingerprint density at radius 2 is 2.04 bits per heavy atom. The first kappa shape index (κ1) is 15.9. The molecule has 6 heteroatoms. The van der Waals surface area contributed by atoms with Crippen molar-refractivity contribution in [2.75, 3.05) is 12.3 Å². The van der Waals surface area contributed by atoms with E-state index in [2.05, 4.69) is 10.3 Å². The molecule has 0 saturated heterocycles. The van der Waals surface area contributed by atoms with Gasteiger partial charge in [-0.25, -0.2) is 4.98 Å². The number of carbonyl (C=O) groups is 1. The van der Waals surface area contributed by atoms with Gasteiger partial charge in [0.15, 0.2) is 0 Å². The maximum absolute atomic E-state index is 11.9. The standard InChI is InChI=1S/C17H16ClN3OS/c18-13-4-6-15(7-5-13)23-12-17(22)19-9-8-14-11-21-10-2-1-3-16(21)20-14/h1-7,10-11H,8-9,12H2,(H,19,22). The summed E-state index contributed by atoms with van der Waals surface area (Å²) in [6.07, 6.45) is 4.68. The van der Waals surface area contributed by atoms with Crippen LogP contribution in [0.5, 0.6) is 0 Å². The number of hydrogen-bond acceptors (Lipinski definition) is 3. The van der Waals surface area contributed by atoms with E-state index in [-0.39, 0.29) is 5.91 Å². The molecule has 1 N–H and O–H groups in total. The molecule has 0 atom stereocenters. The van der Waals surface area contributed by atoms with E-state index in [0.29, 0.717) is 17.3 Å². The molecule has 1 aromatic carbocycles. The highest BCUT2D eigenvalue weighted by atomic mass is 35.5. The zero-order chi connectivity index (χ0) is 16.1. The van der Waals surface area contributed by atoms with Crippen LogP contribution in [0.1, 0.15) is 5.69 Å². The van der Waals surface area contributed by atoms with Gasteiger partial charge in [0.25, 0.3) is 0 Å². The topological polar surface area (TPSA) is 46.4 Å². The third-order valence-electron chi connectivity index (χ3n) is 3.30. The highest BCUT2D eigenvalue weighted by Gasteiger charge is 2.04. The maximum Gasteiger partial charge on any atom is 0.230 e. The lowest BCUT2D eigenvalue weighted by molar-refractivity contribution is -0.118. The Morgan fingerprint density at radius 1 is 1.22 bits per heavy atom. The van der Waals surface area contributed by atoms with Crippen molar-refractivity contribution in [1.29, 1.82) is 0 Å². The van der Waals surface area contributed by atoms with Crippen LogP contribution in [-0.4, -0.2) is 27.6 Å². The summed E-state index contributed by atoms with van der Waals surface area (Å²) >= 11 is 7.33. The Labute approximate surface area is 143 Å². The van der Waals surface area contributed by atoms with Crippen LogP contribution in [0.15, 0.2) is 59.8 Å². The lowest BCUT2D eigenvalue weighted by atomic mass is 10.3. The lowest BCUT2D eigenvalue weighted by Crippen LogP contribution is -2.27. The molecular weight excluding hydrogens is 330 g/mol. The van der Waals surface area contributed by atoms with Gasteiger partial charge in [0.05, 0.1) is 11.4 Å². The molecule has 0 bridgehead atoms. The van der Waals surface area contributed by atoms with E-state index >= 15 is 0 Å². The molecule has 3 aromatic rings. The maximum atomic E-state index is 11.9. The Kier molecular flexibility index (Phi) is 5.20. The third kappa shape index (κ3) is 4.50. The molecular formula is C17H16ClN3OS. The van der Waals surface area contributed by atoms with E-state index in [1.165, 1.54) is 11.8 Å². The number of carbonyl (C=O) groups excluding carboxylic acids is 1. The van der Waals surface area contributed by atoms with Crippen molar-refractivity contribution in [2.24, 2.45) is 0 Å². The van der Waals surface area contributed by atoms with Gasteiger partial charge >= 0.3 is 0 Å². The molecule has 4 nitrogen and oxygen atoms in total. The van der Waals surface area contributed by atoms with Crippen LogP contribution in [0, 0.1) is 0 Å². The second kappa shape index (κ2) is 7.53. The van der Waals surface area contributed by atoms with Crippen LogP contribution in [-0.2, 0) is 11.2 Å². The average molecular weight is 346 g/mol. The van der Waals surface area contributed by atoms with Crippen molar-refractivity contribution >= 4 is 34.9 Å². The Morgan fingerprint density at radius 3 is 2.83 bits per heavy atom. The molecule has 0 aliphatic heterocycles. The molecule has 0 aliphatic carbocycles. The van der Waals surface area contributed by atoms with Gasteiger partial charge in [-0.15, -0.1) is 11.8 Å². The van der Waals surface area contributed by atoms with E-state index in [4.69, 9.17) is 11.6 Å². The second-order valence-electron chi connectivity index (χ2n) is 5.04. The molecule has 0 radical (unpaired) electrons. The molecule has 0 spiro atoms. The number of benzene rings is 1. The summed E-state index contributed by atoms with van der Waals surface area (Å²) in [5.74, 6) is 0.418. The number of pyridine rings is 1. The predicted molar refractivity (Wildman–Crippen MR) is 94.1 cm³/mol. The summed E-state index contributed by atoms with van der Waals surface area (Å²) in [5, 5.41) is 3.62. The van der Waals surface area contributed by atoms with E-state index in [1.807, 2.05) is 59.3 Å². The number of fused-ring (bicyclic) bond motifs is 1. The zero-order valence-corrected chi connectivity index (χ0v) is 14.0. The highest BCUT2D eigenvalue weighted by molar-refractivity contribution is 8.00. The van der Waals surface area contributed by atoms with E-state index in [9.17, 15) is 4.79 Å². The summed E-state index contributed by atoms with van der Waals surface area (Å²) < 4.78 is 1.98. The van der Waals surface area contributed by atoms with Crippen molar-refractivity contribution < 1.29 is 4.79 Å². The van der Waals surface area contributed by atoms with Gasteiger partial charge in [0, 0.05) is 35.3 Å². The molecule has 0 saturated carbocycles. The van der Waals surface area contributed by atoms with Gasteiger partial charge in [0.2, 0.25) is 5.91 Å². The van der Waals surface area contributed by atoms with Crippen molar-refractivity contribution in [3.05, 3.63) is 65.6 Å². The fourth-order valence-electron chi connectivity index (χ4n) is 2.17. The van der Waals surface area contributed by atoms with Crippen LogP contribution in [0.3, 0.4) is 0 Å². The minimum absolute atomic E-state index is 0.0220. The van der Waals surface area contributed by atoms with Crippen LogP contribution in [0.4, 0.5) is 0 Å². The molecule has 1 amide bonds. The first-order valence-corrected chi connectivity index (χ1v) is 8.65. The number of nitrogens with zero attached hydrogens (tertiary/aromatic N) is 2. The minimum atomic E-state index is 0.0220. The van der Waals surface area contributed by atoms with E-state index in [0.717, 1.165) is 22.7 Å². The summed E-state index contributed by atoms with van der Waals surface area (Å²) in [6, 6.07) is 13.4. The molecule has 0 aliphatic rings. The van der Waals surface area contributed by atoms with Crippen molar-refractivity contribution in [1.82, 2.24) is 14.7 Å². The Balaban J connectivity index is 1.43. The Hall–Kier alpha value is -1.98. The molecule has 23 heavy (non-hydrogen) atoms. The smallest absolute Gasteiger partial charge is 0.230 e. The van der Waals surface area contributed by atoms with Gasteiger partial charge in [-0.3, -0.25) is 4.79 Å². The van der Waals surface area contributed by atoms with E-state index < -0.39 is 0 Å². The van der Waals surface area contributed by atoms with Crippen LogP contribution < -0.4 is 5.32 Å². The number of rotatable bonds is 6. The molecule has 2 heterocycles. The zero-order valence-electron chi connectivity index (χ0n) is 12.4. The quantitative estimate of drug-likeness (QED) is 0.696. The largest absolute Gasteiger partial charge is 0.355 e. The number of imidazole rings is 1. The summed E-state index contributed by atoms with van der Waals surface area (Å²) in [5.41, 5.74) is 1.90. The van der Waals surface area contributed by atoms with Crippen LogP contribution in [0.2, 0.25) is 5.02 Å². The third-order valence-corrected chi connectivity index (χ3v) is 4.56. The van der Waals surface area contributed by atoms with Crippen LogP contribution >= 0.6 is 23.4 Å². The fourth-order valence-corrected chi connectivity index (χ4v) is 3.02. The first-order valence-electron chi connectivity index (χ1n) is 7.28. The normalized spacial score (nSPS) is 10.8. The van der Waals surface area contributed by atoms with Crippen molar-refractivity contribution in [2.45, 2.75) is 11.3 Å². The molecule has 2 aromatic heterocycles. The monoisotopic (exact) mass is 345 g/mol. The van der Waals surface area contributed by atoms with Gasteiger partial charge in [-0.05, 0) is 36.4 Å². The molecule has 0 fully saturated rings. The van der Waals surface area contributed by atoms with Gasteiger partial charge < -0.3 is 9.72 Å². The molecule has 118 valence electrons. The minimum Gasteiger partial charge on any atom is -0.355 e. The SMILES string of the molecule is O=C(CSc1ccc(Cl)cc1)NCCc1cn2ccccc2n1. The van der Waals surface area contributed by atoms with E-state index in [1.54, 1.807) is 0 Å². The average Bonchev–Trinajstić information content (AvgIpc) is 2.97. The van der Waals surface area contributed by atoms with Gasteiger partial charge in [0.1, 0.15) is 5.65 Å². The van der Waals surface area contributed by atoms with Gasteiger partial charge in [-0.2, -0.15) is 0 Å². The number of hydrogen-bond donors (Lipinski definition) is 1. The number of aromatic nitrogens is 2. The summed E-state index contributed by atoms with van der Waals surface area (Å²) in [7, 11) is 0. The number of nitrogens with one attached hydrogen (secondary N) is 1. The number of thioether (sulfide) groups is 1. The number of amides is 1. The fraction of sp³-hybridized carbons (Fsp3) is 0.176. The predicted octanol–water partition coefficient (Wildman–Crippen LogP) is 3.44. The Bertz CT molecular complexity index is 768. The van der Waals surface area contributed by atoms with Crippen LogP contribution in [0.25, 0.3) is 5.65 Å². The number of halogens is 1. The lowest BCUT2D eigenvalue weighted by Gasteiger charge is -2.04. The van der Waals surface area contributed by atoms with Crippen molar-refractivity contribution in [3.63, 3.8) is 0 Å². The summed E-state index contributed by atoms with van der Waals surface area (Å²) in [4.78, 5) is 17.4. The first-order chi connectivity index (χ1) is 11.2. The molecule has 3 rings (SSSR count). The summed E-state index contributed by atoms with van der Waals surface area (Å²) in [6.45, 7) is 0.587.